The molecule has 0 bridgehead atoms. The molecule has 0 radical (unpaired) electrons. The molecular formula is C9H15N3OS. The summed E-state index contributed by atoms with van der Waals surface area (Å²) in [6.45, 7) is 4.35. The Kier molecular flexibility index (Phi) is 4.03. The maximum atomic E-state index is 11.3. The van der Waals surface area contributed by atoms with Gasteiger partial charge in [-0.05, 0) is 13.3 Å². The highest BCUT2D eigenvalue weighted by Crippen LogP contribution is 2.10. The molecule has 0 aromatic carbocycles. The highest BCUT2D eigenvalue weighted by atomic mass is 32.1. The number of carbonyl (C=O) groups excluding carboxylic acids is 1. The Balaban J connectivity index is 2.37. The van der Waals surface area contributed by atoms with Crippen LogP contribution in [0.2, 0.25) is 0 Å². The molecule has 4 nitrogen and oxygen atoms in total. The van der Waals surface area contributed by atoms with Crippen LogP contribution in [0.4, 0.5) is 0 Å². The second-order valence-corrected chi connectivity index (χ2v) is 4.42. The highest BCUT2D eigenvalue weighted by molar-refractivity contribution is 7.11. The first-order valence-electron chi connectivity index (χ1n) is 4.58. The first-order chi connectivity index (χ1) is 6.63. The van der Waals surface area contributed by atoms with Crippen LogP contribution in [0.1, 0.15) is 23.2 Å². The van der Waals surface area contributed by atoms with Gasteiger partial charge in [0.25, 0.3) is 0 Å². The Hall–Kier alpha value is -0.940. The monoisotopic (exact) mass is 213 g/mol. The van der Waals surface area contributed by atoms with Crippen molar-refractivity contribution in [1.82, 2.24) is 10.3 Å². The number of nitrogens with zero attached hydrogens (tertiary/aromatic N) is 1. The molecule has 1 amide bonds. The van der Waals surface area contributed by atoms with Crippen LogP contribution in [0, 0.1) is 6.92 Å². The van der Waals surface area contributed by atoms with Crippen molar-refractivity contribution >= 4 is 17.2 Å². The van der Waals surface area contributed by atoms with Crippen molar-refractivity contribution in [2.24, 2.45) is 5.73 Å². The lowest BCUT2D eigenvalue weighted by Crippen LogP contribution is -2.39. The molecule has 14 heavy (non-hydrogen) atoms. The van der Waals surface area contributed by atoms with E-state index < -0.39 is 6.04 Å². The zero-order valence-electron chi connectivity index (χ0n) is 8.41. The molecule has 0 aliphatic heterocycles. The second-order valence-electron chi connectivity index (χ2n) is 3.10. The van der Waals surface area contributed by atoms with Crippen molar-refractivity contribution in [2.45, 2.75) is 32.9 Å². The SMILES string of the molecule is CCC(N)C(=O)NCc1ncc(C)s1. The maximum absolute atomic E-state index is 11.3. The van der Waals surface area contributed by atoms with Gasteiger partial charge in [0.2, 0.25) is 5.91 Å². The Morgan fingerprint density at radius 1 is 1.79 bits per heavy atom. The predicted octanol–water partition coefficient (Wildman–Crippen LogP) is 0.805. The maximum Gasteiger partial charge on any atom is 0.237 e. The van der Waals surface area contributed by atoms with Crippen LogP contribution in [0.15, 0.2) is 6.20 Å². The molecule has 1 heterocycles. The fourth-order valence-corrected chi connectivity index (χ4v) is 1.69. The number of aryl methyl sites for hydroxylation is 1. The quantitative estimate of drug-likeness (QED) is 0.777. The molecule has 0 saturated carbocycles. The van der Waals surface area contributed by atoms with Gasteiger partial charge in [0.1, 0.15) is 5.01 Å². The van der Waals surface area contributed by atoms with E-state index in [1.807, 2.05) is 13.8 Å². The lowest BCUT2D eigenvalue weighted by atomic mass is 10.2. The van der Waals surface area contributed by atoms with Gasteiger partial charge in [-0.15, -0.1) is 11.3 Å². The first kappa shape index (κ1) is 11.1. The molecule has 1 atom stereocenters. The third-order valence-corrected chi connectivity index (χ3v) is 2.77. The molecule has 3 N–H and O–H groups in total. The van der Waals surface area contributed by atoms with E-state index in [9.17, 15) is 4.79 Å². The number of aromatic nitrogens is 1. The minimum absolute atomic E-state index is 0.111. The van der Waals surface area contributed by atoms with Gasteiger partial charge >= 0.3 is 0 Å². The molecule has 1 aromatic rings. The number of amides is 1. The Morgan fingerprint density at radius 2 is 2.50 bits per heavy atom. The highest BCUT2D eigenvalue weighted by Gasteiger charge is 2.10. The van der Waals surface area contributed by atoms with Crippen LogP contribution in [-0.4, -0.2) is 16.9 Å². The van der Waals surface area contributed by atoms with Crippen molar-refractivity contribution in [1.29, 1.82) is 0 Å². The second kappa shape index (κ2) is 5.07. The van der Waals surface area contributed by atoms with Gasteiger partial charge in [-0.2, -0.15) is 0 Å². The molecule has 0 fully saturated rings. The average Bonchev–Trinajstić information content (AvgIpc) is 2.59. The van der Waals surface area contributed by atoms with Crippen molar-refractivity contribution in [3.8, 4) is 0 Å². The smallest absolute Gasteiger partial charge is 0.237 e. The van der Waals surface area contributed by atoms with Crippen LogP contribution in [-0.2, 0) is 11.3 Å². The van der Waals surface area contributed by atoms with Crippen LogP contribution in [0.3, 0.4) is 0 Å². The summed E-state index contributed by atoms with van der Waals surface area (Å²) in [4.78, 5) is 16.6. The van der Waals surface area contributed by atoms with Gasteiger partial charge in [0.05, 0.1) is 12.6 Å². The zero-order valence-corrected chi connectivity index (χ0v) is 9.23. The van der Waals surface area contributed by atoms with Gasteiger partial charge in [-0.3, -0.25) is 4.79 Å². The first-order valence-corrected chi connectivity index (χ1v) is 5.39. The van der Waals surface area contributed by atoms with E-state index in [0.29, 0.717) is 13.0 Å². The number of rotatable bonds is 4. The fraction of sp³-hybridized carbons (Fsp3) is 0.556. The van der Waals surface area contributed by atoms with E-state index in [4.69, 9.17) is 5.73 Å². The molecule has 0 aliphatic rings. The average molecular weight is 213 g/mol. The third kappa shape index (κ3) is 3.08. The van der Waals surface area contributed by atoms with Crippen molar-refractivity contribution in [3.05, 3.63) is 16.1 Å². The minimum atomic E-state index is -0.406. The summed E-state index contributed by atoms with van der Waals surface area (Å²) in [5, 5.41) is 3.66. The molecule has 1 unspecified atom stereocenters. The lowest BCUT2D eigenvalue weighted by Gasteiger charge is -2.08. The molecular weight excluding hydrogens is 198 g/mol. The molecule has 0 aliphatic carbocycles. The molecule has 78 valence electrons. The summed E-state index contributed by atoms with van der Waals surface area (Å²) in [7, 11) is 0. The molecule has 1 aromatic heterocycles. The normalized spacial score (nSPS) is 12.5. The van der Waals surface area contributed by atoms with Gasteiger partial charge < -0.3 is 11.1 Å². The number of hydrogen-bond donors (Lipinski definition) is 2. The predicted molar refractivity (Wildman–Crippen MR) is 57.0 cm³/mol. The number of carbonyl (C=O) groups is 1. The summed E-state index contributed by atoms with van der Waals surface area (Å²) >= 11 is 1.58. The number of thiazole rings is 1. The summed E-state index contributed by atoms with van der Waals surface area (Å²) in [5.41, 5.74) is 5.56. The summed E-state index contributed by atoms with van der Waals surface area (Å²) in [6, 6.07) is -0.406. The molecule has 0 saturated heterocycles. The van der Waals surface area contributed by atoms with Gasteiger partial charge in [0.15, 0.2) is 0 Å². The van der Waals surface area contributed by atoms with Crippen LogP contribution in [0.25, 0.3) is 0 Å². The topological polar surface area (TPSA) is 68.0 Å². The lowest BCUT2D eigenvalue weighted by molar-refractivity contribution is -0.122. The van der Waals surface area contributed by atoms with E-state index in [-0.39, 0.29) is 5.91 Å². The summed E-state index contributed by atoms with van der Waals surface area (Å²) in [5.74, 6) is -0.111. The van der Waals surface area contributed by atoms with Crippen molar-refractivity contribution in [2.75, 3.05) is 0 Å². The summed E-state index contributed by atoms with van der Waals surface area (Å²) < 4.78 is 0. The Labute approximate surface area is 87.5 Å². The van der Waals surface area contributed by atoms with Gasteiger partial charge in [-0.1, -0.05) is 6.92 Å². The van der Waals surface area contributed by atoms with Crippen molar-refractivity contribution < 1.29 is 4.79 Å². The van der Waals surface area contributed by atoms with E-state index in [1.54, 1.807) is 17.5 Å². The summed E-state index contributed by atoms with van der Waals surface area (Å²) in [6.07, 6.45) is 2.45. The number of hydrogen-bond acceptors (Lipinski definition) is 4. The van der Waals surface area contributed by atoms with Crippen LogP contribution >= 0.6 is 11.3 Å². The standard InChI is InChI=1S/C9H15N3OS/c1-3-7(10)9(13)12-5-8-11-4-6(2)14-8/h4,7H,3,5,10H2,1-2H3,(H,12,13). The van der Waals surface area contributed by atoms with Crippen LogP contribution in [0.5, 0.6) is 0 Å². The minimum Gasteiger partial charge on any atom is -0.348 e. The van der Waals surface area contributed by atoms with Gasteiger partial charge in [0, 0.05) is 11.1 Å². The van der Waals surface area contributed by atoms with E-state index in [2.05, 4.69) is 10.3 Å². The largest absolute Gasteiger partial charge is 0.348 e. The zero-order chi connectivity index (χ0) is 10.6. The van der Waals surface area contributed by atoms with Crippen LogP contribution < -0.4 is 11.1 Å². The number of nitrogens with one attached hydrogen (secondary N) is 1. The fourth-order valence-electron chi connectivity index (χ4n) is 0.962. The van der Waals surface area contributed by atoms with Gasteiger partial charge in [-0.25, -0.2) is 4.98 Å². The van der Waals surface area contributed by atoms with E-state index >= 15 is 0 Å². The third-order valence-electron chi connectivity index (χ3n) is 1.86. The molecule has 1 rings (SSSR count). The van der Waals surface area contributed by atoms with E-state index in [1.165, 1.54) is 0 Å². The Bertz CT molecular complexity index is 311. The van der Waals surface area contributed by atoms with Crippen molar-refractivity contribution in [3.63, 3.8) is 0 Å². The van der Waals surface area contributed by atoms with E-state index in [0.717, 1.165) is 9.88 Å². The molecule has 5 heteroatoms. The molecule has 0 spiro atoms. The number of nitrogens with two attached hydrogens (primary N) is 1. The Morgan fingerprint density at radius 3 is 3.00 bits per heavy atom.